The van der Waals surface area contributed by atoms with Crippen molar-refractivity contribution in [2.45, 2.75) is 26.9 Å². The number of amides is 1. The van der Waals surface area contributed by atoms with Crippen LogP contribution in [0.2, 0.25) is 0 Å². The van der Waals surface area contributed by atoms with E-state index in [1.165, 1.54) is 18.5 Å². The Balaban J connectivity index is 1.63. The summed E-state index contributed by atoms with van der Waals surface area (Å²) in [5, 5.41) is 19.9. The van der Waals surface area contributed by atoms with Gasteiger partial charge in [-0.1, -0.05) is 6.07 Å². The van der Waals surface area contributed by atoms with Gasteiger partial charge in [-0.2, -0.15) is 10.2 Å². The number of carboxylic acids is 1. The first kappa shape index (κ1) is 20.9. The van der Waals surface area contributed by atoms with Crippen molar-refractivity contribution < 1.29 is 24.2 Å². The zero-order valence-corrected chi connectivity index (χ0v) is 16.7. The van der Waals surface area contributed by atoms with Crippen LogP contribution in [-0.2, 0) is 17.9 Å². The molecule has 0 fully saturated rings. The molecule has 0 spiro atoms. The first-order chi connectivity index (χ1) is 14.5. The van der Waals surface area contributed by atoms with Crippen LogP contribution in [0.25, 0.3) is 0 Å². The summed E-state index contributed by atoms with van der Waals surface area (Å²) in [5.74, 6) is -0.183. The van der Waals surface area contributed by atoms with Gasteiger partial charge >= 0.3 is 5.97 Å². The molecule has 30 heavy (non-hydrogen) atoms. The van der Waals surface area contributed by atoms with Crippen LogP contribution in [0, 0.1) is 0 Å². The summed E-state index contributed by atoms with van der Waals surface area (Å²) in [5.41, 5.74) is 1.41. The number of nitrogens with zero attached hydrogens (tertiary/aromatic N) is 4. The second-order valence-electron chi connectivity index (χ2n) is 6.30. The molecule has 0 atom stereocenters. The second kappa shape index (κ2) is 9.59. The van der Waals surface area contributed by atoms with Gasteiger partial charge in [0.1, 0.15) is 12.2 Å². The fraction of sp³-hybridized carbons (Fsp3) is 0.300. The summed E-state index contributed by atoms with van der Waals surface area (Å²) in [6.07, 6.45) is 4.55. The highest BCUT2D eigenvalue weighted by Gasteiger charge is 2.14. The first-order valence-corrected chi connectivity index (χ1v) is 9.46. The van der Waals surface area contributed by atoms with Crippen molar-refractivity contribution in [1.82, 2.24) is 19.6 Å². The Kier molecular flexibility index (Phi) is 6.68. The molecular formula is C20H23N5O5. The normalized spacial score (nSPS) is 10.6. The predicted molar refractivity (Wildman–Crippen MR) is 108 cm³/mol. The molecule has 0 saturated heterocycles. The number of carbonyl (C=O) groups excluding carboxylic acids is 1. The van der Waals surface area contributed by atoms with E-state index in [4.69, 9.17) is 14.6 Å². The van der Waals surface area contributed by atoms with Gasteiger partial charge in [0, 0.05) is 12.4 Å². The SMILES string of the molecule is CCOc1ccc(Cn2cc(NC(=O)Cn3nccc3C(=O)O)cn2)cc1OCC. The van der Waals surface area contributed by atoms with Crippen molar-refractivity contribution in [1.29, 1.82) is 0 Å². The van der Waals surface area contributed by atoms with Crippen LogP contribution in [0.1, 0.15) is 29.9 Å². The molecule has 0 aliphatic carbocycles. The molecule has 0 bridgehead atoms. The van der Waals surface area contributed by atoms with E-state index in [0.717, 1.165) is 10.2 Å². The average Bonchev–Trinajstić information content (AvgIpc) is 3.33. The zero-order chi connectivity index (χ0) is 21.5. The van der Waals surface area contributed by atoms with Gasteiger partial charge in [-0.15, -0.1) is 0 Å². The fourth-order valence-corrected chi connectivity index (χ4v) is 2.87. The van der Waals surface area contributed by atoms with Gasteiger partial charge < -0.3 is 19.9 Å². The maximum absolute atomic E-state index is 12.2. The molecule has 0 aliphatic heterocycles. The summed E-state index contributed by atoms with van der Waals surface area (Å²) < 4.78 is 14.0. The lowest BCUT2D eigenvalue weighted by Gasteiger charge is -2.12. The van der Waals surface area contributed by atoms with Crippen LogP contribution in [0.15, 0.2) is 42.9 Å². The van der Waals surface area contributed by atoms with Crippen molar-refractivity contribution in [3.05, 3.63) is 54.1 Å². The van der Waals surface area contributed by atoms with E-state index in [1.54, 1.807) is 10.9 Å². The number of aromatic carboxylic acids is 1. The molecule has 2 N–H and O–H groups in total. The molecule has 2 heterocycles. The van der Waals surface area contributed by atoms with Crippen LogP contribution in [-0.4, -0.2) is 49.8 Å². The average molecular weight is 413 g/mol. The van der Waals surface area contributed by atoms with Gasteiger partial charge in [0.25, 0.3) is 0 Å². The molecule has 10 heteroatoms. The third-order valence-corrected chi connectivity index (χ3v) is 4.10. The highest BCUT2D eigenvalue weighted by molar-refractivity contribution is 5.91. The molecule has 1 aromatic carbocycles. The van der Waals surface area contributed by atoms with Gasteiger partial charge in [-0.3, -0.25) is 9.48 Å². The van der Waals surface area contributed by atoms with Gasteiger partial charge in [0.15, 0.2) is 11.5 Å². The van der Waals surface area contributed by atoms with Crippen LogP contribution >= 0.6 is 0 Å². The lowest BCUT2D eigenvalue weighted by atomic mass is 10.2. The summed E-state index contributed by atoms with van der Waals surface area (Å²) in [7, 11) is 0. The zero-order valence-electron chi connectivity index (χ0n) is 16.7. The molecule has 0 saturated carbocycles. The second-order valence-corrected chi connectivity index (χ2v) is 6.30. The summed E-state index contributed by atoms with van der Waals surface area (Å²) in [6, 6.07) is 7.03. The lowest BCUT2D eigenvalue weighted by molar-refractivity contribution is -0.116. The minimum Gasteiger partial charge on any atom is -0.490 e. The van der Waals surface area contributed by atoms with E-state index in [-0.39, 0.29) is 12.2 Å². The first-order valence-electron chi connectivity index (χ1n) is 9.46. The fourth-order valence-electron chi connectivity index (χ4n) is 2.87. The smallest absolute Gasteiger partial charge is 0.354 e. The third kappa shape index (κ3) is 5.16. The number of hydrogen-bond donors (Lipinski definition) is 2. The Morgan fingerprint density at radius 2 is 1.87 bits per heavy atom. The van der Waals surface area contributed by atoms with Crippen LogP contribution in [0.3, 0.4) is 0 Å². The van der Waals surface area contributed by atoms with Gasteiger partial charge in [0.2, 0.25) is 5.91 Å². The topological polar surface area (TPSA) is 121 Å². The van der Waals surface area contributed by atoms with Crippen molar-refractivity contribution in [3.8, 4) is 11.5 Å². The Bertz CT molecular complexity index is 1030. The molecule has 0 aliphatic rings. The molecule has 1 amide bonds. The summed E-state index contributed by atoms with van der Waals surface area (Å²) >= 11 is 0. The summed E-state index contributed by atoms with van der Waals surface area (Å²) in [6.45, 7) is 5.17. The van der Waals surface area contributed by atoms with Crippen molar-refractivity contribution >= 4 is 17.6 Å². The number of ether oxygens (including phenoxy) is 2. The summed E-state index contributed by atoms with van der Waals surface area (Å²) in [4.78, 5) is 23.3. The van der Waals surface area contributed by atoms with Crippen LogP contribution in [0.4, 0.5) is 5.69 Å². The van der Waals surface area contributed by atoms with Crippen molar-refractivity contribution in [2.75, 3.05) is 18.5 Å². The molecule has 3 rings (SSSR count). The molecule has 158 valence electrons. The van der Waals surface area contributed by atoms with Crippen molar-refractivity contribution in [2.24, 2.45) is 0 Å². The molecule has 0 unspecified atom stereocenters. The Labute approximate surface area is 173 Å². The predicted octanol–water partition coefficient (Wildman–Crippen LogP) is 2.26. The van der Waals surface area contributed by atoms with Crippen molar-refractivity contribution in [3.63, 3.8) is 0 Å². The number of nitrogens with one attached hydrogen (secondary N) is 1. The van der Waals surface area contributed by atoms with Gasteiger partial charge in [-0.25, -0.2) is 9.48 Å². The third-order valence-electron chi connectivity index (χ3n) is 4.10. The largest absolute Gasteiger partial charge is 0.490 e. The van der Waals surface area contributed by atoms with E-state index in [1.807, 2.05) is 32.0 Å². The van der Waals surface area contributed by atoms with E-state index in [2.05, 4.69) is 15.5 Å². The highest BCUT2D eigenvalue weighted by Crippen LogP contribution is 2.28. The number of aromatic nitrogens is 4. The standard InChI is InChI=1S/C20H23N5O5/c1-3-29-17-6-5-14(9-18(17)30-4-2)11-24-12-15(10-22-24)23-19(26)13-25-16(20(27)28)7-8-21-25/h5-10,12H,3-4,11,13H2,1-2H3,(H,23,26)(H,27,28). The number of hydrogen-bond acceptors (Lipinski definition) is 6. The minimum atomic E-state index is -1.14. The van der Waals surface area contributed by atoms with Crippen LogP contribution < -0.4 is 14.8 Å². The van der Waals surface area contributed by atoms with Crippen LogP contribution in [0.5, 0.6) is 11.5 Å². The Hall–Kier alpha value is -3.82. The maximum Gasteiger partial charge on any atom is 0.354 e. The molecule has 0 radical (unpaired) electrons. The molecule has 10 nitrogen and oxygen atoms in total. The lowest BCUT2D eigenvalue weighted by Crippen LogP contribution is -2.22. The molecular weight excluding hydrogens is 390 g/mol. The number of carbonyl (C=O) groups is 2. The Morgan fingerprint density at radius 3 is 2.60 bits per heavy atom. The number of carboxylic acid groups (broad SMARTS) is 1. The number of benzene rings is 1. The Morgan fingerprint density at radius 1 is 1.10 bits per heavy atom. The number of rotatable bonds is 10. The van der Waals surface area contributed by atoms with E-state index in [9.17, 15) is 9.59 Å². The van der Waals surface area contributed by atoms with Gasteiger partial charge in [-0.05, 0) is 37.6 Å². The number of anilines is 1. The van der Waals surface area contributed by atoms with E-state index in [0.29, 0.717) is 36.9 Å². The minimum absolute atomic E-state index is 0.0542. The van der Waals surface area contributed by atoms with E-state index < -0.39 is 11.9 Å². The van der Waals surface area contributed by atoms with Gasteiger partial charge in [0.05, 0.1) is 31.6 Å². The molecule has 3 aromatic rings. The molecule has 2 aromatic heterocycles. The highest BCUT2D eigenvalue weighted by atomic mass is 16.5. The monoisotopic (exact) mass is 413 g/mol. The van der Waals surface area contributed by atoms with E-state index >= 15 is 0 Å². The quantitative estimate of drug-likeness (QED) is 0.523. The maximum atomic E-state index is 12.2.